The number of hydrazine groups is 1. The molecule has 1 aromatic rings. The molecule has 2 heterocycles. The van der Waals surface area contributed by atoms with Gasteiger partial charge in [-0.05, 0) is 23.4 Å². The molecular formula is C9H11N3O2S. The maximum absolute atomic E-state index is 11.5. The molecule has 0 spiro atoms. The summed E-state index contributed by atoms with van der Waals surface area (Å²) in [5.41, 5.74) is 2.98. The molecule has 0 unspecified atom stereocenters. The van der Waals surface area contributed by atoms with Gasteiger partial charge in [0.1, 0.15) is 0 Å². The number of rotatable bonds is 0. The molecule has 2 amide bonds. The van der Waals surface area contributed by atoms with Gasteiger partial charge in [0.05, 0.1) is 0 Å². The lowest BCUT2D eigenvalue weighted by Gasteiger charge is -2.25. The number of hydrogen-bond acceptors (Lipinski definition) is 4. The highest BCUT2D eigenvalue weighted by molar-refractivity contribution is 7.10. The first-order chi connectivity index (χ1) is 7.22. The van der Waals surface area contributed by atoms with Crippen LogP contribution in [0.4, 0.5) is 0 Å². The maximum atomic E-state index is 11.5. The Bertz CT molecular complexity index is 402. The summed E-state index contributed by atoms with van der Waals surface area (Å²) in [5.74, 6) is 3.59. The minimum absolute atomic E-state index is 0.505. The lowest BCUT2D eigenvalue weighted by Crippen LogP contribution is -2.46. The van der Waals surface area contributed by atoms with E-state index in [4.69, 9.17) is 5.84 Å². The first-order valence-corrected chi connectivity index (χ1v) is 5.45. The molecule has 1 aromatic heterocycles. The number of hydrogen-bond donors (Lipinski definition) is 2. The van der Waals surface area contributed by atoms with Gasteiger partial charge < -0.3 is 4.90 Å². The van der Waals surface area contributed by atoms with Crippen LogP contribution in [0.1, 0.15) is 10.4 Å². The molecule has 0 saturated carbocycles. The molecule has 1 aliphatic heterocycles. The zero-order valence-corrected chi connectivity index (χ0v) is 8.84. The summed E-state index contributed by atoms with van der Waals surface area (Å²) in [6.07, 6.45) is 0.816. The van der Waals surface area contributed by atoms with E-state index < -0.39 is 11.8 Å². The van der Waals surface area contributed by atoms with Gasteiger partial charge in [-0.2, -0.15) is 0 Å². The third-order valence-electron chi connectivity index (χ3n) is 2.42. The highest BCUT2D eigenvalue weighted by Gasteiger charge is 2.25. The number of fused-ring (bicyclic) bond motifs is 1. The summed E-state index contributed by atoms with van der Waals surface area (Å²) in [6.45, 7) is 1.09. The van der Waals surface area contributed by atoms with Gasteiger partial charge in [-0.3, -0.25) is 15.0 Å². The van der Waals surface area contributed by atoms with Crippen molar-refractivity contribution in [2.45, 2.75) is 13.0 Å². The zero-order chi connectivity index (χ0) is 10.8. The number of amides is 2. The number of nitrogens with one attached hydrogen (secondary N) is 1. The van der Waals surface area contributed by atoms with Crippen LogP contribution in [0.15, 0.2) is 11.4 Å². The lowest BCUT2D eigenvalue weighted by atomic mass is 10.1. The Hall–Kier alpha value is -1.40. The Balaban J connectivity index is 2.10. The van der Waals surface area contributed by atoms with Gasteiger partial charge in [-0.15, -0.1) is 11.3 Å². The molecule has 3 N–H and O–H groups in total. The van der Waals surface area contributed by atoms with Crippen LogP contribution in [0.2, 0.25) is 0 Å². The first-order valence-electron chi connectivity index (χ1n) is 4.57. The van der Waals surface area contributed by atoms with E-state index in [1.54, 1.807) is 11.3 Å². The standard InChI is InChI=1S/C9H11N3O2S/c10-11-8(13)9(14)12-3-1-7-6(5-12)2-4-15-7/h2,4H,1,3,5,10H2,(H,11,13). The normalized spacial score (nSPS) is 14.6. The van der Waals surface area contributed by atoms with Crippen LogP contribution in [-0.2, 0) is 22.6 Å². The second-order valence-corrected chi connectivity index (χ2v) is 4.32. The van der Waals surface area contributed by atoms with Crippen LogP contribution in [0.5, 0.6) is 0 Å². The van der Waals surface area contributed by atoms with Gasteiger partial charge in [-0.1, -0.05) is 0 Å². The van der Waals surface area contributed by atoms with E-state index in [9.17, 15) is 9.59 Å². The smallest absolute Gasteiger partial charge is 0.323 e. The van der Waals surface area contributed by atoms with Crippen molar-refractivity contribution >= 4 is 23.2 Å². The van der Waals surface area contributed by atoms with E-state index in [2.05, 4.69) is 0 Å². The van der Waals surface area contributed by atoms with Crippen LogP contribution in [-0.4, -0.2) is 23.3 Å². The highest BCUT2D eigenvalue weighted by Crippen LogP contribution is 2.23. The van der Waals surface area contributed by atoms with Gasteiger partial charge in [0, 0.05) is 18.0 Å². The average molecular weight is 225 g/mol. The summed E-state index contributed by atoms with van der Waals surface area (Å²) in [7, 11) is 0. The molecule has 0 radical (unpaired) electrons. The van der Waals surface area contributed by atoms with E-state index in [0.717, 1.165) is 12.0 Å². The predicted molar refractivity (Wildman–Crippen MR) is 55.8 cm³/mol. The minimum atomic E-state index is -0.756. The average Bonchev–Trinajstić information content (AvgIpc) is 2.73. The van der Waals surface area contributed by atoms with Crippen molar-refractivity contribution in [1.29, 1.82) is 0 Å². The van der Waals surface area contributed by atoms with E-state index in [1.165, 1.54) is 9.78 Å². The van der Waals surface area contributed by atoms with Gasteiger partial charge >= 0.3 is 11.8 Å². The fourth-order valence-corrected chi connectivity index (χ4v) is 2.52. The molecule has 80 valence electrons. The molecule has 1 aliphatic rings. The Labute approximate surface area is 90.8 Å². The van der Waals surface area contributed by atoms with Gasteiger partial charge in [0.25, 0.3) is 0 Å². The maximum Gasteiger partial charge on any atom is 0.323 e. The summed E-state index contributed by atoms with van der Waals surface area (Å²) < 4.78 is 0. The molecule has 0 bridgehead atoms. The number of thiophene rings is 1. The molecule has 0 aromatic carbocycles. The van der Waals surface area contributed by atoms with Gasteiger partial charge in [-0.25, -0.2) is 5.84 Å². The summed E-state index contributed by atoms with van der Waals surface area (Å²) in [5, 5.41) is 2.00. The van der Waals surface area contributed by atoms with Crippen LogP contribution in [0.25, 0.3) is 0 Å². The van der Waals surface area contributed by atoms with Crippen LogP contribution in [0, 0.1) is 0 Å². The predicted octanol–water partition coefficient (Wildman–Crippen LogP) is -0.377. The molecular weight excluding hydrogens is 214 g/mol. The Morgan fingerprint density at radius 1 is 1.53 bits per heavy atom. The van der Waals surface area contributed by atoms with Gasteiger partial charge in [0.2, 0.25) is 0 Å². The molecule has 15 heavy (non-hydrogen) atoms. The van der Waals surface area contributed by atoms with E-state index in [0.29, 0.717) is 13.1 Å². The van der Waals surface area contributed by atoms with E-state index >= 15 is 0 Å². The first kappa shape index (κ1) is 10.1. The summed E-state index contributed by atoms with van der Waals surface area (Å²) in [4.78, 5) is 25.3. The molecule has 0 atom stereocenters. The van der Waals surface area contributed by atoms with Crippen molar-refractivity contribution in [3.05, 3.63) is 21.9 Å². The van der Waals surface area contributed by atoms with Crippen LogP contribution in [0.3, 0.4) is 0 Å². The Morgan fingerprint density at radius 3 is 3.07 bits per heavy atom. The molecule has 0 fully saturated rings. The van der Waals surface area contributed by atoms with Crippen molar-refractivity contribution < 1.29 is 9.59 Å². The monoisotopic (exact) mass is 225 g/mol. The largest absolute Gasteiger partial charge is 0.330 e. The van der Waals surface area contributed by atoms with Gasteiger partial charge in [0.15, 0.2) is 0 Å². The molecule has 0 aliphatic carbocycles. The topological polar surface area (TPSA) is 75.4 Å². The van der Waals surface area contributed by atoms with Crippen molar-refractivity contribution in [1.82, 2.24) is 10.3 Å². The second-order valence-electron chi connectivity index (χ2n) is 3.32. The summed E-state index contributed by atoms with van der Waals surface area (Å²) >= 11 is 1.69. The second kappa shape index (κ2) is 4.00. The third-order valence-corrected chi connectivity index (χ3v) is 3.44. The third kappa shape index (κ3) is 1.86. The quantitative estimate of drug-likeness (QED) is 0.273. The fraction of sp³-hybridized carbons (Fsp3) is 0.333. The molecule has 0 saturated heterocycles. The van der Waals surface area contributed by atoms with Crippen molar-refractivity contribution in [3.63, 3.8) is 0 Å². The zero-order valence-electron chi connectivity index (χ0n) is 8.03. The fourth-order valence-electron chi connectivity index (χ4n) is 1.63. The Morgan fingerprint density at radius 2 is 2.33 bits per heavy atom. The lowest BCUT2D eigenvalue weighted by molar-refractivity contribution is -0.146. The van der Waals surface area contributed by atoms with Crippen LogP contribution >= 0.6 is 11.3 Å². The molecule has 5 nitrogen and oxygen atoms in total. The Kier molecular flexibility index (Phi) is 2.70. The SMILES string of the molecule is NNC(=O)C(=O)N1CCc2sccc2C1. The van der Waals surface area contributed by atoms with Crippen molar-refractivity contribution in [3.8, 4) is 0 Å². The number of nitrogens with two attached hydrogens (primary N) is 1. The van der Waals surface area contributed by atoms with E-state index in [1.807, 2.05) is 16.9 Å². The summed E-state index contributed by atoms with van der Waals surface area (Å²) in [6, 6.07) is 1.99. The number of carbonyl (C=O) groups is 2. The molecule has 6 heteroatoms. The van der Waals surface area contributed by atoms with Crippen molar-refractivity contribution in [2.75, 3.05) is 6.54 Å². The van der Waals surface area contributed by atoms with E-state index in [-0.39, 0.29) is 0 Å². The molecule has 2 rings (SSSR count). The highest BCUT2D eigenvalue weighted by atomic mass is 32.1. The number of carbonyl (C=O) groups excluding carboxylic acids is 2. The van der Waals surface area contributed by atoms with Crippen LogP contribution < -0.4 is 11.3 Å². The number of nitrogens with zero attached hydrogens (tertiary/aromatic N) is 1. The van der Waals surface area contributed by atoms with Crippen molar-refractivity contribution in [2.24, 2.45) is 5.84 Å². The minimum Gasteiger partial charge on any atom is -0.330 e.